The van der Waals surface area contributed by atoms with Crippen molar-refractivity contribution in [2.75, 3.05) is 23.8 Å². The van der Waals surface area contributed by atoms with Crippen LogP contribution in [0.2, 0.25) is 0 Å². The lowest BCUT2D eigenvalue weighted by atomic mass is 9.99. The minimum Gasteiger partial charge on any atom is -0.381 e. The summed E-state index contributed by atoms with van der Waals surface area (Å²) in [6.07, 6.45) is 1.44. The van der Waals surface area contributed by atoms with E-state index in [0.717, 1.165) is 12.8 Å². The fourth-order valence-electron chi connectivity index (χ4n) is 2.37. The van der Waals surface area contributed by atoms with Crippen LogP contribution in [0.3, 0.4) is 0 Å². The summed E-state index contributed by atoms with van der Waals surface area (Å²) < 4.78 is 18.4. The Balaban J connectivity index is 1.59. The van der Waals surface area contributed by atoms with Crippen molar-refractivity contribution in [3.8, 4) is 0 Å². The molecule has 7 heteroatoms. The number of anilines is 3. The molecule has 120 valence electrons. The predicted molar refractivity (Wildman–Crippen MR) is 83.9 cm³/mol. The SMILES string of the molecule is O=C(Nc1ccc(Nc2cccc(F)c2)nn1)C1CCOCC1. The second kappa shape index (κ2) is 7.15. The summed E-state index contributed by atoms with van der Waals surface area (Å²) in [4.78, 5) is 12.1. The van der Waals surface area contributed by atoms with Gasteiger partial charge in [-0.05, 0) is 43.2 Å². The van der Waals surface area contributed by atoms with E-state index in [9.17, 15) is 9.18 Å². The molecule has 1 aromatic heterocycles. The molecule has 2 heterocycles. The first kappa shape index (κ1) is 15.4. The van der Waals surface area contributed by atoms with Crippen molar-refractivity contribution in [3.63, 3.8) is 0 Å². The average molecular weight is 316 g/mol. The second-order valence-corrected chi connectivity index (χ2v) is 5.32. The van der Waals surface area contributed by atoms with Crippen molar-refractivity contribution < 1.29 is 13.9 Å². The summed E-state index contributed by atoms with van der Waals surface area (Å²) in [6, 6.07) is 9.40. The molecule has 0 aliphatic carbocycles. The van der Waals surface area contributed by atoms with Crippen molar-refractivity contribution in [1.82, 2.24) is 10.2 Å². The topological polar surface area (TPSA) is 76.1 Å². The van der Waals surface area contributed by atoms with Crippen molar-refractivity contribution in [1.29, 1.82) is 0 Å². The lowest BCUT2D eigenvalue weighted by Crippen LogP contribution is -2.28. The molecule has 1 fully saturated rings. The van der Waals surface area contributed by atoms with Crippen LogP contribution >= 0.6 is 0 Å². The minimum atomic E-state index is -0.330. The van der Waals surface area contributed by atoms with E-state index in [-0.39, 0.29) is 17.6 Å². The van der Waals surface area contributed by atoms with Gasteiger partial charge in [0.2, 0.25) is 5.91 Å². The fraction of sp³-hybridized carbons (Fsp3) is 0.312. The lowest BCUT2D eigenvalue weighted by molar-refractivity contribution is -0.122. The second-order valence-electron chi connectivity index (χ2n) is 5.32. The molecule has 0 saturated carbocycles. The van der Waals surface area contributed by atoms with Gasteiger partial charge in [-0.25, -0.2) is 4.39 Å². The van der Waals surface area contributed by atoms with Crippen LogP contribution < -0.4 is 10.6 Å². The van der Waals surface area contributed by atoms with E-state index in [0.29, 0.717) is 30.5 Å². The number of hydrogen-bond acceptors (Lipinski definition) is 5. The highest BCUT2D eigenvalue weighted by molar-refractivity contribution is 5.91. The molecule has 23 heavy (non-hydrogen) atoms. The van der Waals surface area contributed by atoms with Crippen molar-refractivity contribution in [3.05, 3.63) is 42.2 Å². The maximum absolute atomic E-state index is 13.1. The van der Waals surface area contributed by atoms with E-state index < -0.39 is 0 Å². The summed E-state index contributed by atoms with van der Waals surface area (Å²) in [5.74, 6) is 0.429. The molecule has 1 amide bonds. The Morgan fingerprint density at radius 1 is 1.13 bits per heavy atom. The van der Waals surface area contributed by atoms with Crippen molar-refractivity contribution in [2.24, 2.45) is 5.92 Å². The Morgan fingerprint density at radius 3 is 2.57 bits per heavy atom. The van der Waals surface area contributed by atoms with Crippen molar-refractivity contribution >= 4 is 23.2 Å². The third kappa shape index (κ3) is 4.23. The highest BCUT2D eigenvalue weighted by atomic mass is 19.1. The largest absolute Gasteiger partial charge is 0.381 e. The molecular weight excluding hydrogens is 299 g/mol. The van der Waals surface area contributed by atoms with Gasteiger partial charge in [0.25, 0.3) is 0 Å². The number of rotatable bonds is 4. The van der Waals surface area contributed by atoms with E-state index in [1.165, 1.54) is 12.1 Å². The third-order valence-electron chi connectivity index (χ3n) is 3.60. The number of carbonyl (C=O) groups is 1. The zero-order valence-corrected chi connectivity index (χ0v) is 12.5. The molecule has 1 aromatic carbocycles. The fourth-order valence-corrected chi connectivity index (χ4v) is 2.37. The molecule has 0 atom stereocenters. The Morgan fingerprint density at radius 2 is 1.87 bits per heavy atom. The summed E-state index contributed by atoms with van der Waals surface area (Å²) in [5, 5.41) is 13.6. The zero-order valence-electron chi connectivity index (χ0n) is 12.5. The molecule has 0 bridgehead atoms. The molecule has 1 aliphatic rings. The van der Waals surface area contributed by atoms with Crippen LogP contribution in [-0.2, 0) is 9.53 Å². The summed E-state index contributed by atoms with van der Waals surface area (Å²) in [5.41, 5.74) is 0.582. The van der Waals surface area contributed by atoms with E-state index in [4.69, 9.17) is 4.74 Å². The Kier molecular flexibility index (Phi) is 4.77. The zero-order chi connectivity index (χ0) is 16.1. The van der Waals surface area contributed by atoms with Gasteiger partial charge < -0.3 is 15.4 Å². The first-order valence-corrected chi connectivity index (χ1v) is 7.45. The van der Waals surface area contributed by atoms with E-state index >= 15 is 0 Å². The molecule has 2 aromatic rings. The van der Waals surface area contributed by atoms with Gasteiger partial charge in [-0.1, -0.05) is 6.07 Å². The smallest absolute Gasteiger partial charge is 0.228 e. The normalized spacial score (nSPS) is 15.2. The van der Waals surface area contributed by atoms with Crippen LogP contribution in [-0.4, -0.2) is 29.3 Å². The van der Waals surface area contributed by atoms with Gasteiger partial charge in [-0.15, -0.1) is 10.2 Å². The number of nitrogens with one attached hydrogen (secondary N) is 2. The number of ether oxygens (including phenoxy) is 1. The standard InChI is InChI=1S/C16H17FN4O2/c17-12-2-1-3-13(10-12)18-14-4-5-15(21-20-14)19-16(22)11-6-8-23-9-7-11/h1-5,10-11H,6-9H2,(H,18,20)(H,19,21,22). The Labute approximate surface area is 133 Å². The van der Waals surface area contributed by atoms with Crippen LogP contribution in [0, 0.1) is 11.7 Å². The van der Waals surface area contributed by atoms with Gasteiger partial charge in [0.15, 0.2) is 11.6 Å². The molecule has 1 aliphatic heterocycles. The summed E-state index contributed by atoms with van der Waals surface area (Å²) in [7, 11) is 0. The summed E-state index contributed by atoms with van der Waals surface area (Å²) >= 11 is 0. The maximum atomic E-state index is 13.1. The van der Waals surface area contributed by atoms with Gasteiger partial charge in [-0.2, -0.15) is 0 Å². The highest BCUT2D eigenvalue weighted by Gasteiger charge is 2.21. The molecule has 0 radical (unpaired) electrons. The molecular formula is C16H17FN4O2. The van der Waals surface area contributed by atoms with Crippen LogP contribution in [0.25, 0.3) is 0 Å². The Bertz CT molecular complexity index is 672. The van der Waals surface area contributed by atoms with E-state index in [1.807, 2.05) is 0 Å². The number of benzene rings is 1. The van der Waals surface area contributed by atoms with Gasteiger partial charge in [-0.3, -0.25) is 4.79 Å². The quantitative estimate of drug-likeness (QED) is 0.907. The number of hydrogen-bond donors (Lipinski definition) is 2. The number of halogens is 1. The van der Waals surface area contributed by atoms with Crippen LogP contribution in [0.15, 0.2) is 36.4 Å². The molecule has 6 nitrogen and oxygen atoms in total. The number of amides is 1. The number of aromatic nitrogens is 2. The molecule has 0 unspecified atom stereocenters. The maximum Gasteiger partial charge on any atom is 0.228 e. The van der Waals surface area contributed by atoms with Gasteiger partial charge in [0.1, 0.15) is 5.82 Å². The molecule has 0 spiro atoms. The minimum absolute atomic E-state index is 0.0457. The summed E-state index contributed by atoms with van der Waals surface area (Å²) in [6.45, 7) is 1.22. The first-order valence-electron chi connectivity index (χ1n) is 7.45. The third-order valence-corrected chi connectivity index (χ3v) is 3.60. The molecule has 2 N–H and O–H groups in total. The monoisotopic (exact) mass is 316 g/mol. The molecule has 1 saturated heterocycles. The highest BCUT2D eigenvalue weighted by Crippen LogP contribution is 2.18. The van der Waals surface area contributed by atoms with E-state index in [1.54, 1.807) is 24.3 Å². The lowest BCUT2D eigenvalue weighted by Gasteiger charge is -2.20. The van der Waals surface area contributed by atoms with Crippen LogP contribution in [0.4, 0.5) is 21.7 Å². The van der Waals surface area contributed by atoms with Gasteiger partial charge >= 0.3 is 0 Å². The Hall–Kier alpha value is -2.54. The van der Waals surface area contributed by atoms with Gasteiger partial charge in [0, 0.05) is 24.8 Å². The first-order chi connectivity index (χ1) is 11.2. The average Bonchev–Trinajstić information content (AvgIpc) is 2.57. The van der Waals surface area contributed by atoms with Gasteiger partial charge in [0.05, 0.1) is 0 Å². The predicted octanol–water partition coefficient (Wildman–Crippen LogP) is 2.72. The van der Waals surface area contributed by atoms with Crippen LogP contribution in [0.1, 0.15) is 12.8 Å². The van der Waals surface area contributed by atoms with Crippen LogP contribution in [0.5, 0.6) is 0 Å². The number of nitrogens with zero attached hydrogens (tertiary/aromatic N) is 2. The van der Waals surface area contributed by atoms with E-state index in [2.05, 4.69) is 20.8 Å². The number of carbonyl (C=O) groups excluding carboxylic acids is 1. The molecule has 3 rings (SSSR count). The van der Waals surface area contributed by atoms with Crippen molar-refractivity contribution in [2.45, 2.75) is 12.8 Å².